The summed E-state index contributed by atoms with van der Waals surface area (Å²) in [6.07, 6.45) is 0.759. The number of carboxylic acids is 1. The van der Waals surface area contributed by atoms with Gasteiger partial charge in [0.25, 0.3) is 0 Å². The monoisotopic (exact) mass is 310 g/mol. The minimum absolute atomic E-state index is 0.0287. The quantitative estimate of drug-likeness (QED) is 0.802. The first-order valence-corrected chi connectivity index (χ1v) is 7.57. The number of aliphatic carboxylic acids is 1. The minimum atomic E-state index is -0.843. The number of carbonyl (C=O) groups is 1. The van der Waals surface area contributed by atoms with E-state index in [1.807, 2.05) is 18.2 Å². The normalized spacial score (nSPS) is 29.6. The molecular weight excluding hydrogens is 288 g/mol. The summed E-state index contributed by atoms with van der Waals surface area (Å²) in [4.78, 5) is 11.5. The molecular formula is C16H23ClN2O2. The van der Waals surface area contributed by atoms with Gasteiger partial charge in [0.05, 0.1) is 0 Å². The molecule has 0 bridgehead atoms. The average Bonchev–Trinajstić information content (AvgIpc) is 2.65. The molecule has 1 saturated heterocycles. The van der Waals surface area contributed by atoms with Crippen molar-refractivity contribution in [3.8, 4) is 0 Å². The summed E-state index contributed by atoms with van der Waals surface area (Å²) in [6, 6.07) is 6.38. The fraction of sp³-hybridized carbons (Fsp3) is 0.562. The molecule has 1 aliphatic rings. The molecule has 0 aliphatic carbocycles. The lowest BCUT2D eigenvalue weighted by Gasteiger charge is -2.28. The van der Waals surface area contributed by atoms with Crippen LogP contribution in [-0.4, -0.2) is 23.2 Å². The summed E-state index contributed by atoms with van der Waals surface area (Å²) in [7, 11) is 0. The molecule has 5 heteroatoms. The Balaban J connectivity index is 2.28. The molecule has 2 rings (SSSR count). The first kappa shape index (κ1) is 16.3. The first-order chi connectivity index (χ1) is 9.69. The van der Waals surface area contributed by atoms with Gasteiger partial charge in [-0.05, 0) is 29.5 Å². The molecule has 0 saturated carbocycles. The largest absolute Gasteiger partial charge is 0.480 e. The lowest BCUT2D eigenvalue weighted by Crippen LogP contribution is -2.39. The van der Waals surface area contributed by atoms with Crippen molar-refractivity contribution >= 4 is 17.6 Å². The van der Waals surface area contributed by atoms with E-state index >= 15 is 0 Å². The van der Waals surface area contributed by atoms with Crippen LogP contribution in [0.5, 0.6) is 0 Å². The van der Waals surface area contributed by atoms with Gasteiger partial charge in [0.1, 0.15) is 6.04 Å². The second-order valence-corrected chi connectivity index (χ2v) is 7.46. The molecule has 0 aromatic heterocycles. The van der Waals surface area contributed by atoms with Crippen LogP contribution in [0.1, 0.15) is 38.8 Å². The number of nitrogens with two attached hydrogens (primary N) is 1. The molecule has 116 valence electrons. The van der Waals surface area contributed by atoms with Gasteiger partial charge in [-0.3, -0.25) is 10.1 Å². The number of hydrogen-bond acceptors (Lipinski definition) is 3. The number of benzene rings is 1. The van der Waals surface area contributed by atoms with E-state index in [0.717, 1.165) is 12.0 Å². The van der Waals surface area contributed by atoms with E-state index in [1.54, 1.807) is 6.07 Å². The Bertz CT molecular complexity index is 527. The number of nitrogens with one attached hydrogen (secondary N) is 1. The van der Waals surface area contributed by atoms with Gasteiger partial charge < -0.3 is 10.8 Å². The molecule has 1 fully saturated rings. The van der Waals surface area contributed by atoms with E-state index in [0.29, 0.717) is 5.02 Å². The van der Waals surface area contributed by atoms with E-state index in [4.69, 9.17) is 17.3 Å². The third kappa shape index (κ3) is 3.76. The second kappa shape index (κ2) is 5.95. The van der Waals surface area contributed by atoms with Crippen LogP contribution in [0.4, 0.5) is 0 Å². The van der Waals surface area contributed by atoms with Crippen LogP contribution in [0.3, 0.4) is 0 Å². The molecule has 1 aromatic rings. The Morgan fingerprint density at radius 2 is 2.10 bits per heavy atom. The van der Waals surface area contributed by atoms with Gasteiger partial charge in [0.15, 0.2) is 0 Å². The summed E-state index contributed by atoms with van der Waals surface area (Å²) in [5.41, 5.74) is 7.34. The van der Waals surface area contributed by atoms with Crippen molar-refractivity contribution in [1.82, 2.24) is 5.32 Å². The van der Waals surface area contributed by atoms with Crippen LogP contribution in [0, 0.1) is 11.3 Å². The van der Waals surface area contributed by atoms with E-state index in [9.17, 15) is 9.90 Å². The summed E-state index contributed by atoms with van der Waals surface area (Å²) in [5.74, 6) is -0.948. The Hall–Kier alpha value is -1.10. The van der Waals surface area contributed by atoms with Crippen molar-refractivity contribution in [1.29, 1.82) is 0 Å². The smallest absolute Gasteiger partial charge is 0.321 e. The molecule has 0 amide bonds. The van der Waals surface area contributed by atoms with Crippen LogP contribution in [0.25, 0.3) is 0 Å². The maximum atomic E-state index is 11.5. The highest BCUT2D eigenvalue weighted by Gasteiger charge is 2.46. The third-order valence-corrected chi connectivity index (χ3v) is 4.22. The zero-order chi connectivity index (χ0) is 15.8. The fourth-order valence-electron chi connectivity index (χ4n) is 3.13. The van der Waals surface area contributed by atoms with Crippen LogP contribution in [0.2, 0.25) is 5.02 Å². The van der Waals surface area contributed by atoms with Crippen LogP contribution in [-0.2, 0) is 4.79 Å². The summed E-state index contributed by atoms with van der Waals surface area (Å²) in [5, 5.41) is 13.3. The van der Waals surface area contributed by atoms with Gasteiger partial charge in [-0.15, -0.1) is 0 Å². The van der Waals surface area contributed by atoms with E-state index in [-0.39, 0.29) is 23.4 Å². The Kier molecular flexibility index (Phi) is 4.61. The maximum absolute atomic E-state index is 11.5. The zero-order valence-electron chi connectivity index (χ0n) is 12.6. The number of halogens is 1. The highest BCUT2D eigenvalue weighted by Crippen LogP contribution is 2.38. The Morgan fingerprint density at radius 3 is 2.62 bits per heavy atom. The Labute approximate surface area is 130 Å². The van der Waals surface area contributed by atoms with E-state index < -0.39 is 12.0 Å². The van der Waals surface area contributed by atoms with Crippen molar-refractivity contribution in [2.45, 2.75) is 45.3 Å². The predicted octanol–water partition coefficient (Wildman–Crippen LogP) is 2.82. The van der Waals surface area contributed by atoms with Gasteiger partial charge in [0, 0.05) is 23.0 Å². The minimum Gasteiger partial charge on any atom is -0.480 e. The zero-order valence-corrected chi connectivity index (χ0v) is 13.4. The van der Waals surface area contributed by atoms with Gasteiger partial charge in [-0.2, -0.15) is 0 Å². The molecule has 4 N–H and O–H groups in total. The number of carboxylic acid groups (broad SMARTS) is 1. The van der Waals surface area contributed by atoms with Crippen molar-refractivity contribution in [2.75, 3.05) is 0 Å². The molecule has 4 atom stereocenters. The highest BCUT2D eigenvalue weighted by molar-refractivity contribution is 6.30. The van der Waals surface area contributed by atoms with Gasteiger partial charge in [-0.1, -0.05) is 44.5 Å². The standard InChI is InChI=1S/C16H23ClN2O2/c1-16(2,3)8-11-12(18)13(19-14(11)15(20)21)9-5-4-6-10(17)7-9/h4-7,11-14,19H,8,18H2,1-3H3,(H,20,21)/t11-,12?,13+,14-/m1/s1. The lowest BCUT2D eigenvalue weighted by atomic mass is 9.78. The molecule has 1 aromatic carbocycles. The van der Waals surface area contributed by atoms with E-state index in [1.165, 1.54) is 0 Å². The third-order valence-electron chi connectivity index (χ3n) is 3.99. The topological polar surface area (TPSA) is 75.3 Å². The number of hydrogen-bond donors (Lipinski definition) is 3. The number of rotatable bonds is 3. The molecule has 21 heavy (non-hydrogen) atoms. The van der Waals surface area contributed by atoms with Gasteiger partial charge in [0.2, 0.25) is 0 Å². The highest BCUT2D eigenvalue weighted by atomic mass is 35.5. The Morgan fingerprint density at radius 1 is 1.43 bits per heavy atom. The SMILES string of the molecule is CC(C)(C)C[C@@H]1C(N)[C@H](c2cccc(Cl)c2)N[C@H]1C(=O)O. The predicted molar refractivity (Wildman–Crippen MR) is 84.3 cm³/mol. The second-order valence-electron chi connectivity index (χ2n) is 7.02. The van der Waals surface area contributed by atoms with E-state index in [2.05, 4.69) is 26.1 Å². The molecule has 1 unspecified atom stereocenters. The van der Waals surface area contributed by atoms with Crippen LogP contribution < -0.4 is 11.1 Å². The molecule has 1 heterocycles. The average molecular weight is 311 g/mol. The van der Waals surface area contributed by atoms with Crippen molar-refractivity contribution in [3.63, 3.8) is 0 Å². The first-order valence-electron chi connectivity index (χ1n) is 7.19. The summed E-state index contributed by atoms with van der Waals surface area (Å²) in [6.45, 7) is 6.31. The summed E-state index contributed by atoms with van der Waals surface area (Å²) >= 11 is 6.03. The van der Waals surface area contributed by atoms with Gasteiger partial charge in [-0.25, -0.2) is 0 Å². The molecule has 4 nitrogen and oxygen atoms in total. The molecule has 0 spiro atoms. The van der Waals surface area contributed by atoms with Crippen LogP contribution >= 0.6 is 11.6 Å². The lowest BCUT2D eigenvalue weighted by molar-refractivity contribution is -0.140. The fourth-order valence-corrected chi connectivity index (χ4v) is 3.33. The van der Waals surface area contributed by atoms with Crippen molar-refractivity contribution in [3.05, 3.63) is 34.9 Å². The van der Waals surface area contributed by atoms with Crippen LogP contribution in [0.15, 0.2) is 24.3 Å². The van der Waals surface area contributed by atoms with Crippen molar-refractivity contribution < 1.29 is 9.90 Å². The van der Waals surface area contributed by atoms with Crippen molar-refractivity contribution in [2.24, 2.45) is 17.1 Å². The molecule has 0 radical (unpaired) electrons. The van der Waals surface area contributed by atoms with Gasteiger partial charge >= 0.3 is 5.97 Å². The summed E-state index contributed by atoms with van der Waals surface area (Å²) < 4.78 is 0. The molecule has 1 aliphatic heterocycles. The maximum Gasteiger partial charge on any atom is 0.321 e.